The SMILES string of the molecule is CC(C)(C)c1ccnc(-n2c3[c-]c(Oc4[c-]c(N5[CH-]N(CCc6c(-c7ccccc7)cccc6-c6ccccc6)c6ccccc65)ccc4)ccc3c3ccccc32)c1.[Pt]. The summed E-state index contributed by atoms with van der Waals surface area (Å²) in [5.41, 5.74) is 12.7. The van der Waals surface area contributed by atoms with Gasteiger partial charge in [-0.2, -0.15) is 18.8 Å². The molecule has 7 aromatic carbocycles. The second-order valence-electron chi connectivity index (χ2n) is 16.1. The largest absolute Gasteiger partial charge is 0.509 e. The van der Waals surface area contributed by atoms with Gasteiger partial charge in [0.2, 0.25) is 0 Å². The molecule has 1 aliphatic rings. The molecule has 2 aromatic heterocycles. The second kappa shape index (κ2) is 16.3. The maximum atomic E-state index is 6.58. The zero-order valence-corrected chi connectivity index (χ0v) is 36.0. The standard InChI is InChI=1S/C54H43N4O.Pt/c1-54(2,3)40-30-32-55-53(34-40)58-49-25-11-10-22-47(49)48-29-28-43(36-52(48)58)59-42-21-14-20-41(35-42)57-37-56(50-26-12-13-27-51(50)57)33-31-46-44(38-16-6-4-7-17-38)23-15-24-45(46)39-18-8-5-9-19-39;/h4-30,32,34,37H,31,33H2,1-3H3;/q-3;. The molecule has 0 bridgehead atoms. The van der Waals surface area contributed by atoms with Crippen molar-refractivity contribution in [3.05, 3.63) is 206 Å². The van der Waals surface area contributed by atoms with E-state index in [4.69, 9.17) is 9.72 Å². The van der Waals surface area contributed by atoms with E-state index in [9.17, 15) is 0 Å². The molecule has 0 N–H and O–H groups in total. The maximum Gasteiger partial charge on any atom is 0.135 e. The predicted molar refractivity (Wildman–Crippen MR) is 243 cm³/mol. The molecule has 1 aliphatic heterocycles. The van der Waals surface area contributed by atoms with Crippen molar-refractivity contribution in [2.24, 2.45) is 0 Å². The van der Waals surface area contributed by atoms with Crippen molar-refractivity contribution < 1.29 is 25.8 Å². The zero-order valence-electron chi connectivity index (χ0n) is 33.7. The van der Waals surface area contributed by atoms with Gasteiger partial charge in [-0.3, -0.25) is 0 Å². The molecule has 60 heavy (non-hydrogen) atoms. The molecule has 0 saturated carbocycles. The second-order valence-corrected chi connectivity index (χ2v) is 16.1. The van der Waals surface area contributed by atoms with Gasteiger partial charge in [0.05, 0.1) is 0 Å². The van der Waals surface area contributed by atoms with Crippen molar-refractivity contribution in [3.63, 3.8) is 0 Å². The summed E-state index contributed by atoms with van der Waals surface area (Å²) >= 11 is 0. The molecule has 10 rings (SSSR count). The Morgan fingerprint density at radius 2 is 1.27 bits per heavy atom. The third kappa shape index (κ3) is 7.39. The number of anilines is 3. The first-order chi connectivity index (χ1) is 28.9. The minimum atomic E-state index is -0.0146. The van der Waals surface area contributed by atoms with E-state index in [2.05, 4.69) is 206 Å². The third-order valence-electron chi connectivity index (χ3n) is 11.3. The van der Waals surface area contributed by atoms with E-state index in [1.807, 2.05) is 24.4 Å². The molecule has 0 saturated heterocycles. The molecular weight excluding hydrogens is 916 g/mol. The van der Waals surface area contributed by atoms with Gasteiger partial charge >= 0.3 is 0 Å². The van der Waals surface area contributed by atoms with Crippen molar-refractivity contribution in [3.8, 4) is 39.6 Å². The number of nitrogens with zero attached hydrogens (tertiary/aromatic N) is 4. The monoisotopic (exact) mass is 958 g/mol. The van der Waals surface area contributed by atoms with E-state index < -0.39 is 0 Å². The summed E-state index contributed by atoms with van der Waals surface area (Å²) in [5, 5.41) is 2.24. The number of ether oxygens (including phenoxy) is 1. The predicted octanol–water partition coefficient (Wildman–Crippen LogP) is 13.5. The number of benzene rings is 7. The van der Waals surface area contributed by atoms with E-state index in [0.717, 1.165) is 57.7 Å². The first kappa shape index (κ1) is 39.1. The van der Waals surface area contributed by atoms with Gasteiger partial charge in [-0.05, 0) is 87.5 Å². The van der Waals surface area contributed by atoms with Crippen LogP contribution in [0.25, 0.3) is 49.9 Å². The Hall–Kier alpha value is -6.42. The number of aromatic nitrogens is 2. The van der Waals surface area contributed by atoms with Crippen LogP contribution in [-0.2, 0) is 32.9 Å². The molecule has 6 heteroatoms. The van der Waals surface area contributed by atoms with Crippen LogP contribution in [0.2, 0.25) is 0 Å². The Labute approximate surface area is 366 Å². The summed E-state index contributed by atoms with van der Waals surface area (Å²) in [7, 11) is 0. The topological polar surface area (TPSA) is 33.5 Å². The Morgan fingerprint density at radius 3 is 2.00 bits per heavy atom. The summed E-state index contributed by atoms with van der Waals surface area (Å²) in [5.74, 6) is 2.08. The Bertz CT molecular complexity index is 2890. The number of hydrogen-bond acceptors (Lipinski definition) is 4. The fraction of sp³-hybridized carbons (Fsp3) is 0.111. The van der Waals surface area contributed by atoms with Crippen LogP contribution in [0.5, 0.6) is 11.5 Å². The molecule has 0 atom stereocenters. The smallest absolute Gasteiger partial charge is 0.135 e. The number of para-hydroxylation sites is 3. The molecular formula is C54H43N4OPt-3. The number of pyridine rings is 1. The maximum absolute atomic E-state index is 6.58. The van der Waals surface area contributed by atoms with Gasteiger partial charge in [0.25, 0.3) is 0 Å². The average Bonchev–Trinajstić information content (AvgIpc) is 3.81. The summed E-state index contributed by atoms with van der Waals surface area (Å²) < 4.78 is 8.78. The van der Waals surface area contributed by atoms with Crippen LogP contribution < -0.4 is 14.5 Å². The van der Waals surface area contributed by atoms with Gasteiger partial charge in [0.1, 0.15) is 5.82 Å². The molecule has 9 aromatic rings. The van der Waals surface area contributed by atoms with Gasteiger partial charge in [0.15, 0.2) is 0 Å². The summed E-state index contributed by atoms with van der Waals surface area (Å²) in [4.78, 5) is 9.41. The van der Waals surface area contributed by atoms with Crippen molar-refractivity contribution in [1.29, 1.82) is 0 Å². The van der Waals surface area contributed by atoms with E-state index in [1.165, 1.54) is 33.4 Å². The first-order valence-corrected chi connectivity index (χ1v) is 20.2. The van der Waals surface area contributed by atoms with Crippen LogP contribution in [-0.4, -0.2) is 16.1 Å². The molecule has 0 aliphatic carbocycles. The summed E-state index contributed by atoms with van der Waals surface area (Å²) in [6.07, 6.45) is 2.75. The Kier molecular flexibility index (Phi) is 10.6. The van der Waals surface area contributed by atoms with E-state index in [0.29, 0.717) is 11.5 Å². The molecule has 0 fully saturated rings. The number of rotatable bonds is 9. The normalized spacial score (nSPS) is 12.4. The fourth-order valence-corrected chi connectivity index (χ4v) is 8.34. The van der Waals surface area contributed by atoms with Crippen LogP contribution in [0.1, 0.15) is 31.9 Å². The molecule has 0 amide bonds. The van der Waals surface area contributed by atoms with Gasteiger partial charge < -0.3 is 19.1 Å². The van der Waals surface area contributed by atoms with Crippen molar-refractivity contribution in [1.82, 2.24) is 9.55 Å². The fourth-order valence-electron chi connectivity index (χ4n) is 8.34. The number of fused-ring (bicyclic) bond motifs is 4. The van der Waals surface area contributed by atoms with E-state index in [1.54, 1.807) is 0 Å². The average molecular weight is 959 g/mol. The Balaban J connectivity index is 0.00000462. The zero-order chi connectivity index (χ0) is 39.9. The Morgan fingerprint density at radius 1 is 0.617 bits per heavy atom. The molecule has 0 unspecified atom stereocenters. The van der Waals surface area contributed by atoms with Crippen molar-refractivity contribution >= 4 is 38.9 Å². The van der Waals surface area contributed by atoms with E-state index in [-0.39, 0.29) is 26.5 Å². The molecule has 0 spiro atoms. The summed E-state index contributed by atoms with van der Waals surface area (Å²) in [6.45, 7) is 9.67. The van der Waals surface area contributed by atoms with Crippen LogP contribution in [0, 0.1) is 18.8 Å². The van der Waals surface area contributed by atoms with Crippen LogP contribution >= 0.6 is 0 Å². The van der Waals surface area contributed by atoms with Crippen LogP contribution in [0.15, 0.2) is 176 Å². The molecule has 5 nitrogen and oxygen atoms in total. The minimum Gasteiger partial charge on any atom is -0.509 e. The van der Waals surface area contributed by atoms with Gasteiger partial charge in [-0.15, -0.1) is 41.4 Å². The van der Waals surface area contributed by atoms with E-state index >= 15 is 0 Å². The number of hydrogen-bond donors (Lipinski definition) is 0. The van der Waals surface area contributed by atoms with Crippen LogP contribution in [0.3, 0.4) is 0 Å². The molecule has 298 valence electrons. The summed E-state index contributed by atoms with van der Waals surface area (Å²) in [6, 6.07) is 66.8. The van der Waals surface area contributed by atoms with Gasteiger partial charge in [0, 0.05) is 55.7 Å². The van der Waals surface area contributed by atoms with Crippen molar-refractivity contribution in [2.75, 3.05) is 16.3 Å². The quantitative estimate of drug-likeness (QED) is 0.135. The van der Waals surface area contributed by atoms with Gasteiger partial charge in [-0.25, -0.2) is 4.98 Å². The van der Waals surface area contributed by atoms with Crippen molar-refractivity contribution in [2.45, 2.75) is 32.6 Å². The minimum absolute atomic E-state index is 0. The third-order valence-corrected chi connectivity index (χ3v) is 11.3. The van der Waals surface area contributed by atoms with Gasteiger partial charge in [-0.1, -0.05) is 135 Å². The molecule has 0 radical (unpaired) electrons. The van der Waals surface area contributed by atoms with Crippen LogP contribution in [0.4, 0.5) is 17.1 Å². The first-order valence-electron chi connectivity index (χ1n) is 20.2. The molecule has 3 heterocycles.